The van der Waals surface area contributed by atoms with Gasteiger partial charge in [-0.15, -0.1) is 0 Å². The SMILES string of the molecule is COc1cc(C(=O)Nc2cc(C)ccc2Br)ccc1N. The minimum atomic E-state index is -0.213. The average Bonchev–Trinajstić information content (AvgIpc) is 2.43. The summed E-state index contributed by atoms with van der Waals surface area (Å²) in [6, 6.07) is 10.7. The van der Waals surface area contributed by atoms with Gasteiger partial charge < -0.3 is 15.8 Å². The van der Waals surface area contributed by atoms with Crippen molar-refractivity contribution < 1.29 is 9.53 Å². The average molecular weight is 335 g/mol. The van der Waals surface area contributed by atoms with Gasteiger partial charge in [0.05, 0.1) is 18.5 Å². The molecule has 0 aliphatic heterocycles. The fourth-order valence-electron chi connectivity index (χ4n) is 1.78. The van der Waals surface area contributed by atoms with Crippen LogP contribution in [0.15, 0.2) is 40.9 Å². The first-order valence-electron chi connectivity index (χ1n) is 6.02. The molecule has 0 heterocycles. The largest absolute Gasteiger partial charge is 0.495 e. The zero-order valence-electron chi connectivity index (χ0n) is 11.2. The Kier molecular flexibility index (Phi) is 4.29. The predicted octanol–water partition coefficient (Wildman–Crippen LogP) is 3.60. The lowest BCUT2D eigenvalue weighted by Crippen LogP contribution is -2.12. The number of nitrogen functional groups attached to an aromatic ring is 1. The molecule has 0 saturated carbocycles. The topological polar surface area (TPSA) is 64.3 Å². The number of anilines is 2. The molecule has 5 heteroatoms. The van der Waals surface area contributed by atoms with Crippen LogP contribution in [0.25, 0.3) is 0 Å². The number of hydrogen-bond donors (Lipinski definition) is 2. The molecule has 2 rings (SSSR count). The van der Waals surface area contributed by atoms with E-state index in [2.05, 4.69) is 21.2 Å². The lowest BCUT2D eigenvalue weighted by atomic mass is 10.1. The Balaban J connectivity index is 2.26. The number of halogens is 1. The Labute approximate surface area is 126 Å². The molecule has 0 radical (unpaired) electrons. The number of amides is 1. The standard InChI is InChI=1S/C15H15BrN2O2/c1-9-3-5-11(16)13(7-9)18-15(19)10-4-6-12(17)14(8-10)20-2/h3-8H,17H2,1-2H3,(H,18,19). The van der Waals surface area contributed by atoms with Crippen LogP contribution in [0.2, 0.25) is 0 Å². The Morgan fingerprint density at radius 1 is 1.25 bits per heavy atom. The van der Waals surface area contributed by atoms with E-state index in [4.69, 9.17) is 10.5 Å². The van der Waals surface area contributed by atoms with Crippen LogP contribution in [0.3, 0.4) is 0 Å². The van der Waals surface area contributed by atoms with E-state index in [0.29, 0.717) is 17.0 Å². The Bertz CT molecular complexity index is 656. The molecule has 0 aromatic heterocycles. The molecule has 0 fully saturated rings. The summed E-state index contributed by atoms with van der Waals surface area (Å²) < 4.78 is 5.95. The summed E-state index contributed by atoms with van der Waals surface area (Å²) in [6.45, 7) is 1.97. The zero-order chi connectivity index (χ0) is 14.7. The Morgan fingerprint density at radius 3 is 2.70 bits per heavy atom. The summed E-state index contributed by atoms with van der Waals surface area (Å²) in [5.74, 6) is 0.274. The van der Waals surface area contributed by atoms with Crippen molar-refractivity contribution in [3.8, 4) is 5.75 Å². The van der Waals surface area contributed by atoms with Crippen LogP contribution in [0.4, 0.5) is 11.4 Å². The fraction of sp³-hybridized carbons (Fsp3) is 0.133. The summed E-state index contributed by atoms with van der Waals surface area (Å²) in [6.07, 6.45) is 0. The molecule has 2 aromatic rings. The maximum Gasteiger partial charge on any atom is 0.255 e. The second-order valence-corrected chi connectivity index (χ2v) is 5.25. The minimum absolute atomic E-state index is 0.213. The maximum absolute atomic E-state index is 12.2. The molecule has 0 aliphatic rings. The van der Waals surface area contributed by atoms with Crippen molar-refractivity contribution in [3.63, 3.8) is 0 Å². The van der Waals surface area contributed by atoms with Gasteiger partial charge in [0.1, 0.15) is 5.75 Å². The molecule has 0 unspecified atom stereocenters. The lowest BCUT2D eigenvalue weighted by molar-refractivity contribution is 0.102. The van der Waals surface area contributed by atoms with Crippen molar-refractivity contribution in [1.29, 1.82) is 0 Å². The second-order valence-electron chi connectivity index (χ2n) is 4.39. The van der Waals surface area contributed by atoms with Gasteiger partial charge in [-0.25, -0.2) is 0 Å². The minimum Gasteiger partial charge on any atom is -0.495 e. The lowest BCUT2D eigenvalue weighted by Gasteiger charge is -2.10. The number of methoxy groups -OCH3 is 1. The predicted molar refractivity (Wildman–Crippen MR) is 84.2 cm³/mol. The first-order chi connectivity index (χ1) is 9.51. The highest BCUT2D eigenvalue weighted by Crippen LogP contribution is 2.26. The van der Waals surface area contributed by atoms with Gasteiger partial charge in [0.2, 0.25) is 0 Å². The number of aryl methyl sites for hydroxylation is 1. The molecule has 0 spiro atoms. The van der Waals surface area contributed by atoms with E-state index in [-0.39, 0.29) is 5.91 Å². The van der Waals surface area contributed by atoms with E-state index in [1.165, 1.54) is 7.11 Å². The van der Waals surface area contributed by atoms with Crippen molar-refractivity contribution in [2.75, 3.05) is 18.2 Å². The van der Waals surface area contributed by atoms with Gasteiger partial charge in [-0.05, 0) is 58.7 Å². The van der Waals surface area contributed by atoms with Gasteiger partial charge >= 0.3 is 0 Å². The molecular weight excluding hydrogens is 320 g/mol. The monoisotopic (exact) mass is 334 g/mol. The highest BCUT2D eigenvalue weighted by molar-refractivity contribution is 9.10. The third kappa shape index (κ3) is 3.11. The number of hydrogen-bond acceptors (Lipinski definition) is 3. The van der Waals surface area contributed by atoms with Crippen molar-refractivity contribution in [1.82, 2.24) is 0 Å². The summed E-state index contributed by atoms with van der Waals surface area (Å²) in [4.78, 5) is 12.2. The number of carbonyl (C=O) groups excluding carboxylic acids is 1. The third-order valence-corrected chi connectivity index (χ3v) is 3.56. The fourth-order valence-corrected chi connectivity index (χ4v) is 2.13. The van der Waals surface area contributed by atoms with Crippen LogP contribution >= 0.6 is 15.9 Å². The quantitative estimate of drug-likeness (QED) is 0.843. The summed E-state index contributed by atoms with van der Waals surface area (Å²) >= 11 is 3.41. The van der Waals surface area contributed by atoms with Gasteiger partial charge in [-0.2, -0.15) is 0 Å². The maximum atomic E-state index is 12.2. The smallest absolute Gasteiger partial charge is 0.255 e. The number of nitrogens with two attached hydrogens (primary N) is 1. The summed E-state index contributed by atoms with van der Waals surface area (Å²) in [7, 11) is 1.52. The molecule has 20 heavy (non-hydrogen) atoms. The van der Waals surface area contributed by atoms with Gasteiger partial charge in [0.15, 0.2) is 0 Å². The second kappa shape index (κ2) is 5.96. The van der Waals surface area contributed by atoms with Crippen LogP contribution in [0.1, 0.15) is 15.9 Å². The molecule has 0 bridgehead atoms. The molecule has 104 valence electrons. The van der Waals surface area contributed by atoms with Gasteiger partial charge in [-0.1, -0.05) is 6.07 Å². The van der Waals surface area contributed by atoms with E-state index in [1.54, 1.807) is 18.2 Å². The molecule has 3 N–H and O–H groups in total. The van der Waals surface area contributed by atoms with E-state index < -0.39 is 0 Å². The van der Waals surface area contributed by atoms with Crippen LogP contribution in [-0.2, 0) is 0 Å². The van der Waals surface area contributed by atoms with Gasteiger partial charge in [0, 0.05) is 10.0 Å². The first kappa shape index (κ1) is 14.4. The number of carbonyl (C=O) groups is 1. The molecule has 1 amide bonds. The number of rotatable bonds is 3. The molecule has 4 nitrogen and oxygen atoms in total. The van der Waals surface area contributed by atoms with Crippen LogP contribution < -0.4 is 15.8 Å². The molecule has 0 atom stereocenters. The van der Waals surface area contributed by atoms with Crippen molar-refractivity contribution in [3.05, 3.63) is 52.0 Å². The zero-order valence-corrected chi connectivity index (χ0v) is 12.8. The summed E-state index contributed by atoms with van der Waals surface area (Å²) in [5, 5.41) is 2.86. The molecular formula is C15H15BrN2O2. The Hall–Kier alpha value is -2.01. The van der Waals surface area contributed by atoms with Gasteiger partial charge in [0.25, 0.3) is 5.91 Å². The van der Waals surface area contributed by atoms with E-state index in [9.17, 15) is 4.79 Å². The highest BCUT2D eigenvalue weighted by Gasteiger charge is 2.11. The number of nitrogens with one attached hydrogen (secondary N) is 1. The normalized spacial score (nSPS) is 10.2. The van der Waals surface area contributed by atoms with Crippen LogP contribution in [-0.4, -0.2) is 13.0 Å². The Morgan fingerprint density at radius 2 is 2.00 bits per heavy atom. The third-order valence-electron chi connectivity index (χ3n) is 2.87. The molecule has 0 saturated heterocycles. The first-order valence-corrected chi connectivity index (χ1v) is 6.81. The van der Waals surface area contributed by atoms with Crippen LogP contribution in [0.5, 0.6) is 5.75 Å². The van der Waals surface area contributed by atoms with Gasteiger partial charge in [-0.3, -0.25) is 4.79 Å². The molecule has 0 aliphatic carbocycles. The molecule has 2 aromatic carbocycles. The van der Waals surface area contributed by atoms with E-state index >= 15 is 0 Å². The van der Waals surface area contributed by atoms with Crippen LogP contribution in [0, 0.1) is 6.92 Å². The highest BCUT2D eigenvalue weighted by atomic mass is 79.9. The van der Waals surface area contributed by atoms with Crippen molar-refractivity contribution >= 4 is 33.2 Å². The van der Waals surface area contributed by atoms with Crippen molar-refractivity contribution in [2.24, 2.45) is 0 Å². The van der Waals surface area contributed by atoms with E-state index in [0.717, 1.165) is 15.7 Å². The summed E-state index contributed by atoms with van der Waals surface area (Å²) in [5.41, 5.74) is 8.52. The van der Waals surface area contributed by atoms with E-state index in [1.807, 2.05) is 25.1 Å². The van der Waals surface area contributed by atoms with Crippen molar-refractivity contribution in [2.45, 2.75) is 6.92 Å². The number of ether oxygens (including phenoxy) is 1. The number of benzene rings is 2.